The van der Waals surface area contributed by atoms with E-state index in [0.29, 0.717) is 12.6 Å². The van der Waals surface area contributed by atoms with Crippen molar-refractivity contribution in [2.75, 3.05) is 32.6 Å². The maximum atomic E-state index is 11.7. The summed E-state index contributed by atoms with van der Waals surface area (Å²) in [5.74, 6) is 0. The van der Waals surface area contributed by atoms with Crippen LogP contribution in [0.3, 0.4) is 0 Å². The standard InChI is InChI=1S/C14H27NO4S/c1-20(17,18)14-4-2-3-12(11-14)15-7-5-13(6-8-15)19-10-9-16/h12-14,16H,2-11H2,1H3. The van der Waals surface area contributed by atoms with Crippen LogP contribution in [0.4, 0.5) is 0 Å². The Labute approximate surface area is 122 Å². The number of sulfone groups is 1. The number of nitrogens with zero attached hydrogens (tertiary/aromatic N) is 1. The maximum Gasteiger partial charge on any atom is 0.150 e. The van der Waals surface area contributed by atoms with Crippen molar-refractivity contribution in [3.63, 3.8) is 0 Å². The highest BCUT2D eigenvalue weighted by atomic mass is 32.2. The van der Waals surface area contributed by atoms with E-state index in [0.717, 1.165) is 51.6 Å². The molecular weight excluding hydrogens is 278 g/mol. The zero-order valence-corrected chi connectivity index (χ0v) is 13.1. The molecule has 1 heterocycles. The fourth-order valence-electron chi connectivity index (χ4n) is 3.47. The van der Waals surface area contributed by atoms with Crippen molar-refractivity contribution in [3.8, 4) is 0 Å². The minimum atomic E-state index is -2.90. The molecule has 1 aliphatic carbocycles. The van der Waals surface area contributed by atoms with Crippen molar-refractivity contribution >= 4 is 9.84 Å². The number of piperidine rings is 1. The Balaban J connectivity index is 1.81. The molecule has 0 aromatic carbocycles. The third-order valence-electron chi connectivity index (χ3n) is 4.64. The van der Waals surface area contributed by atoms with E-state index >= 15 is 0 Å². The van der Waals surface area contributed by atoms with Gasteiger partial charge in [-0.25, -0.2) is 8.42 Å². The van der Waals surface area contributed by atoms with Crippen LogP contribution in [-0.2, 0) is 14.6 Å². The van der Waals surface area contributed by atoms with Crippen LogP contribution >= 0.6 is 0 Å². The minimum Gasteiger partial charge on any atom is -0.394 e. The average molecular weight is 305 g/mol. The quantitative estimate of drug-likeness (QED) is 0.814. The second-order valence-corrected chi connectivity index (χ2v) is 8.43. The first-order valence-corrected chi connectivity index (χ1v) is 9.61. The number of aliphatic hydroxyl groups excluding tert-OH is 1. The Bertz CT molecular complexity index is 390. The predicted octanol–water partition coefficient (Wildman–Crippen LogP) is 0.815. The summed E-state index contributed by atoms with van der Waals surface area (Å²) in [5.41, 5.74) is 0. The van der Waals surface area contributed by atoms with Gasteiger partial charge < -0.3 is 14.7 Å². The topological polar surface area (TPSA) is 66.8 Å². The first-order chi connectivity index (χ1) is 9.50. The summed E-state index contributed by atoms with van der Waals surface area (Å²) >= 11 is 0. The number of ether oxygens (including phenoxy) is 1. The summed E-state index contributed by atoms with van der Waals surface area (Å²) in [6.07, 6.45) is 7.35. The molecule has 0 aromatic heterocycles. The molecule has 0 spiro atoms. The third-order valence-corrected chi connectivity index (χ3v) is 6.28. The zero-order valence-electron chi connectivity index (χ0n) is 12.3. The van der Waals surface area contributed by atoms with E-state index < -0.39 is 9.84 Å². The van der Waals surface area contributed by atoms with Gasteiger partial charge in [0.2, 0.25) is 0 Å². The summed E-state index contributed by atoms with van der Waals surface area (Å²) in [6.45, 7) is 2.47. The molecule has 2 fully saturated rings. The van der Waals surface area contributed by atoms with Gasteiger partial charge in [0.1, 0.15) is 9.84 Å². The second-order valence-electron chi connectivity index (χ2n) is 6.10. The van der Waals surface area contributed by atoms with E-state index in [9.17, 15) is 8.42 Å². The van der Waals surface area contributed by atoms with Gasteiger partial charge >= 0.3 is 0 Å². The average Bonchev–Trinajstić information content (AvgIpc) is 2.45. The molecule has 2 rings (SSSR count). The Hall–Kier alpha value is -0.170. The molecule has 2 aliphatic rings. The molecule has 0 aromatic rings. The van der Waals surface area contributed by atoms with Crippen LogP contribution in [0, 0.1) is 0 Å². The van der Waals surface area contributed by atoms with Gasteiger partial charge in [-0.3, -0.25) is 0 Å². The van der Waals surface area contributed by atoms with Crippen LogP contribution in [0.15, 0.2) is 0 Å². The van der Waals surface area contributed by atoms with E-state index in [4.69, 9.17) is 9.84 Å². The Morgan fingerprint density at radius 2 is 1.90 bits per heavy atom. The number of likely N-dealkylation sites (tertiary alicyclic amines) is 1. The monoisotopic (exact) mass is 305 g/mol. The van der Waals surface area contributed by atoms with Crippen molar-refractivity contribution < 1.29 is 18.3 Å². The van der Waals surface area contributed by atoms with Crippen molar-refractivity contribution in [2.45, 2.75) is 55.9 Å². The van der Waals surface area contributed by atoms with Gasteiger partial charge in [0.05, 0.1) is 24.6 Å². The molecule has 0 amide bonds. The molecule has 1 saturated carbocycles. The van der Waals surface area contributed by atoms with E-state index in [1.165, 1.54) is 6.26 Å². The molecule has 0 radical (unpaired) electrons. The fourth-order valence-corrected chi connectivity index (χ4v) is 4.63. The second kappa shape index (κ2) is 7.20. The number of hydrogen-bond donors (Lipinski definition) is 1. The first-order valence-electron chi connectivity index (χ1n) is 7.66. The van der Waals surface area contributed by atoms with Gasteiger partial charge in [-0.05, 0) is 32.1 Å². The summed E-state index contributed by atoms with van der Waals surface area (Å²) in [4.78, 5) is 2.44. The first kappa shape index (κ1) is 16.2. The zero-order chi connectivity index (χ0) is 14.6. The van der Waals surface area contributed by atoms with Crippen molar-refractivity contribution in [3.05, 3.63) is 0 Å². The summed E-state index contributed by atoms with van der Waals surface area (Å²) in [6, 6.07) is 0.419. The Kier molecular flexibility index (Phi) is 5.84. The van der Waals surface area contributed by atoms with E-state index in [1.807, 2.05) is 0 Å². The molecule has 118 valence electrons. The molecule has 1 aliphatic heterocycles. The van der Waals surface area contributed by atoms with Crippen molar-refractivity contribution in [1.29, 1.82) is 0 Å². The predicted molar refractivity (Wildman–Crippen MR) is 78.5 cm³/mol. The van der Waals surface area contributed by atoms with Crippen LogP contribution in [0.2, 0.25) is 0 Å². The Morgan fingerprint density at radius 3 is 2.50 bits per heavy atom. The van der Waals surface area contributed by atoms with Crippen molar-refractivity contribution in [2.24, 2.45) is 0 Å². The van der Waals surface area contributed by atoms with Gasteiger partial charge in [0, 0.05) is 25.4 Å². The molecule has 6 heteroatoms. The van der Waals surface area contributed by atoms with Gasteiger partial charge in [-0.2, -0.15) is 0 Å². The van der Waals surface area contributed by atoms with Crippen molar-refractivity contribution in [1.82, 2.24) is 4.90 Å². The molecule has 2 atom stereocenters. The molecular formula is C14H27NO4S. The lowest BCUT2D eigenvalue weighted by atomic mass is 9.92. The molecule has 2 unspecified atom stereocenters. The van der Waals surface area contributed by atoms with Gasteiger partial charge in [-0.15, -0.1) is 0 Å². The molecule has 5 nitrogen and oxygen atoms in total. The van der Waals surface area contributed by atoms with Crippen LogP contribution in [-0.4, -0.2) is 68.4 Å². The lowest BCUT2D eigenvalue weighted by Crippen LogP contribution is -2.47. The number of hydrogen-bond acceptors (Lipinski definition) is 5. The van der Waals surface area contributed by atoms with E-state index in [1.54, 1.807) is 0 Å². The highest BCUT2D eigenvalue weighted by Gasteiger charge is 2.33. The summed E-state index contributed by atoms with van der Waals surface area (Å²) < 4.78 is 29.0. The number of aliphatic hydroxyl groups is 1. The molecule has 1 saturated heterocycles. The highest BCUT2D eigenvalue weighted by Crippen LogP contribution is 2.29. The smallest absolute Gasteiger partial charge is 0.150 e. The molecule has 20 heavy (non-hydrogen) atoms. The van der Waals surface area contributed by atoms with Gasteiger partial charge in [-0.1, -0.05) is 6.42 Å². The van der Waals surface area contributed by atoms with Crippen LogP contribution in [0.5, 0.6) is 0 Å². The lowest BCUT2D eigenvalue weighted by Gasteiger charge is -2.40. The van der Waals surface area contributed by atoms with Gasteiger partial charge in [0.15, 0.2) is 0 Å². The van der Waals surface area contributed by atoms with Crippen LogP contribution < -0.4 is 0 Å². The minimum absolute atomic E-state index is 0.0822. The van der Waals surface area contributed by atoms with E-state index in [-0.39, 0.29) is 18.0 Å². The number of rotatable bonds is 5. The lowest BCUT2D eigenvalue weighted by molar-refractivity contribution is -0.0181. The Morgan fingerprint density at radius 1 is 1.20 bits per heavy atom. The largest absolute Gasteiger partial charge is 0.394 e. The maximum absolute atomic E-state index is 11.7. The van der Waals surface area contributed by atoms with E-state index in [2.05, 4.69) is 4.90 Å². The normalized spacial score (nSPS) is 30.5. The molecule has 1 N–H and O–H groups in total. The SMILES string of the molecule is CS(=O)(=O)C1CCCC(N2CCC(OCCO)CC2)C1. The van der Waals surface area contributed by atoms with Crippen LogP contribution in [0.1, 0.15) is 38.5 Å². The molecule has 0 bridgehead atoms. The summed E-state index contributed by atoms with van der Waals surface area (Å²) in [7, 11) is -2.90. The van der Waals surface area contributed by atoms with Crippen LogP contribution in [0.25, 0.3) is 0 Å². The third kappa shape index (κ3) is 4.41. The highest BCUT2D eigenvalue weighted by molar-refractivity contribution is 7.91. The summed E-state index contributed by atoms with van der Waals surface area (Å²) in [5, 5.41) is 8.62. The fraction of sp³-hybridized carbons (Fsp3) is 1.00. The van der Waals surface area contributed by atoms with Gasteiger partial charge in [0.25, 0.3) is 0 Å².